The topological polar surface area (TPSA) is 50.8 Å². The van der Waals surface area contributed by atoms with Crippen LogP contribution < -0.4 is 14.8 Å². The van der Waals surface area contributed by atoms with E-state index < -0.39 is 0 Å². The van der Waals surface area contributed by atoms with Gasteiger partial charge in [-0.05, 0) is 43.7 Å². The summed E-state index contributed by atoms with van der Waals surface area (Å²) in [5, 5.41) is 3.88. The minimum atomic E-state index is -0.228. The molecular formula is C19H20Cl2N2O3. The van der Waals surface area contributed by atoms with Crippen LogP contribution in [0.15, 0.2) is 36.4 Å². The van der Waals surface area contributed by atoms with Crippen LogP contribution in [0.25, 0.3) is 0 Å². The van der Waals surface area contributed by atoms with Gasteiger partial charge >= 0.3 is 6.03 Å². The molecule has 7 heteroatoms. The Balaban J connectivity index is 1.78. The van der Waals surface area contributed by atoms with Gasteiger partial charge in [0, 0.05) is 12.6 Å². The lowest BCUT2D eigenvalue weighted by Crippen LogP contribution is -2.39. The van der Waals surface area contributed by atoms with Gasteiger partial charge in [0.1, 0.15) is 13.2 Å². The van der Waals surface area contributed by atoms with E-state index in [4.69, 9.17) is 32.7 Å². The molecule has 2 aromatic rings. The summed E-state index contributed by atoms with van der Waals surface area (Å²) in [4.78, 5) is 14.6. The van der Waals surface area contributed by atoms with E-state index in [9.17, 15) is 4.79 Å². The Hall–Kier alpha value is -2.11. The summed E-state index contributed by atoms with van der Waals surface area (Å²) in [5.41, 5.74) is 1.49. The normalized spacial score (nSPS) is 12.8. The van der Waals surface area contributed by atoms with Gasteiger partial charge in [0.25, 0.3) is 0 Å². The van der Waals surface area contributed by atoms with Gasteiger partial charge in [-0.1, -0.05) is 35.3 Å². The number of carbonyl (C=O) groups is 1. The van der Waals surface area contributed by atoms with Crippen LogP contribution in [-0.2, 0) is 6.54 Å². The van der Waals surface area contributed by atoms with E-state index in [-0.39, 0.29) is 12.1 Å². The van der Waals surface area contributed by atoms with Crippen molar-refractivity contribution in [1.82, 2.24) is 4.90 Å². The second-order valence-electron chi connectivity index (χ2n) is 6.23. The summed E-state index contributed by atoms with van der Waals surface area (Å²) < 4.78 is 11.2. The van der Waals surface area contributed by atoms with E-state index in [0.29, 0.717) is 47.0 Å². The minimum Gasteiger partial charge on any atom is -0.486 e. The highest BCUT2D eigenvalue weighted by molar-refractivity contribution is 6.42. The summed E-state index contributed by atoms with van der Waals surface area (Å²) in [6, 6.07) is 10.6. The molecule has 0 atom stereocenters. The minimum absolute atomic E-state index is 0.0128. The maximum Gasteiger partial charge on any atom is 0.322 e. The fraction of sp³-hybridized carbons (Fsp3) is 0.316. The molecule has 2 aromatic carbocycles. The molecule has 3 rings (SSSR count). The molecule has 0 aromatic heterocycles. The van der Waals surface area contributed by atoms with E-state index in [1.54, 1.807) is 23.1 Å². The van der Waals surface area contributed by atoms with Crippen molar-refractivity contribution >= 4 is 34.9 Å². The van der Waals surface area contributed by atoms with Crippen LogP contribution in [-0.4, -0.2) is 30.2 Å². The summed E-state index contributed by atoms with van der Waals surface area (Å²) in [5.74, 6) is 1.19. The molecule has 0 saturated carbocycles. The molecule has 1 N–H and O–H groups in total. The van der Waals surface area contributed by atoms with Crippen LogP contribution in [0.4, 0.5) is 10.5 Å². The van der Waals surface area contributed by atoms with Crippen molar-refractivity contribution in [3.8, 4) is 11.5 Å². The number of nitrogens with one attached hydrogen (secondary N) is 1. The van der Waals surface area contributed by atoms with Crippen molar-refractivity contribution in [2.75, 3.05) is 18.5 Å². The molecular weight excluding hydrogens is 375 g/mol. The molecule has 1 aliphatic heterocycles. The Morgan fingerprint density at radius 2 is 1.92 bits per heavy atom. The zero-order valence-electron chi connectivity index (χ0n) is 14.6. The largest absolute Gasteiger partial charge is 0.486 e. The van der Waals surface area contributed by atoms with E-state index in [1.807, 2.05) is 32.0 Å². The number of hydrogen-bond acceptors (Lipinski definition) is 3. The highest BCUT2D eigenvalue weighted by Gasteiger charge is 2.22. The first-order valence-electron chi connectivity index (χ1n) is 8.36. The van der Waals surface area contributed by atoms with Crippen LogP contribution in [0.1, 0.15) is 19.4 Å². The molecule has 0 unspecified atom stereocenters. The molecule has 0 spiro atoms. The number of rotatable bonds is 4. The molecule has 138 valence electrons. The number of halogens is 2. The second kappa shape index (κ2) is 8.06. The van der Waals surface area contributed by atoms with Gasteiger partial charge in [0.15, 0.2) is 11.5 Å². The van der Waals surface area contributed by atoms with Gasteiger partial charge < -0.3 is 19.7 Å². The van der Waals surface area contributed by atoms with Crippen molar-refractivity contribution in [2.45, 2.75) is 26.4 Å². The van der Waals surface area contributed by atoms with Crippen molar-refractivity contribution in [1.29, 1.82) is 0 Å². The van der Waals surface area contributed by atoms with Crippen molar-refractivity contribution < 1.29 is 14.3 Å². The second-order valence-corrected chi connectivity index (χ2v) is 7.04. The number of carbonyl (C=O) groups excluding carboxylic acids is 1. The molecule has 0 aliphatic carbocycles. The van der Waals surface area contributed by atoms with Crippen LogP contribution in [0, 0.1) is 0 Å². The first-order valence-corrected chi connectivity index (χ1v) is 9.11. The van der Waals surface area contributed by atoms with Crippen LogP contribution in [0.2, 0.25) is 10.0 Å². The fourth-order valence-electron chi connectivity index (χ4n) is 2.68. The third-order valence-electron chi connectivity index (χ3n) is 4.03. The molecule has 0 radical (unpaired) electrons. The van der Waals surface area contributed by atoms with Gasteiger partial charge in [0.05, 0.1) is 15.7 Å². The highest BCUT2D eigenvalue weighted by atomic mass is 35.5. The number of para-hydroxylation sites is 1. The van der Waals surface area contributed by atoms with Crippen molar-refractivity contribution in [3.63, 3.8) is 0 Å². The highest BCUT2D eigenvalue weighted by Crippen LogP contribution is 2.37. The molecule has 5 nitrogen and oxygen atoms in total. The third-order valence-corrected chi connectivity index (χ3v) is 4.77. The van der Waals surface area contributed by atoms with Gasteiger partial charge in [0.2, 0.25) is 0 Å². The first-order chi connectivity index (χ1) is 12.5. The molecule has 1 aliphatic rings. The molecule has 1 heterocycles. The Labute approximate surface area is 162 Å². The van der Waals surface area contributed by atoms with Crippen molar-refractivity contribution in [2.24, 2.45) is 0 Å². The van der Waals surface area contributed by atoms with Gasteiger partial charge in [-0.15, -0.1) is 0 Å². The number of nitrogens with zero attached hydrogens (tertiary/aromatic N) is 1. The predicted octanol–water partition coefficient (Wildman–Crippen LogP) is 5.21. The van der Waals surface area contributed by atoms with E-state index in [2.05, 4.69) is 5.32 Å². The summed E-state index contributed by atoms with van der Waals surface area (Å²) >= 11 is 12.1. The number of anilines is 1. The maximum atomic E-state index is 12.9. The number of hydrogen-bond donors (Lipinski definition) is 1. The predicted molar refractivity (Wildman–Crippen MR) is 104 cm³/mol. The fourth-order valence-corrected chi connectivity index (χ4v) is 3.00. The van der Waals surface area contributed by atoms with Crippen LogP contribution >= 0.6 is 23.2 Å². The molecule has 0 bridgehead atoms. The summed E-state index contributed by atoms with van der Waals surface area (Å²) in [6.45, 7) is 5.28. The van der Waals surface area contributed by atoms with Crippen molar-refractivity contribution in [3.05, 3.63) is 52.0 Å². The molecule has 0 saturated heterocycles. The van der Waals surface area contributed by atoms with E-state index >= 15 is 0 Å². The quantitative estimate of drug-likeness (QED) is 0.774. The number of ether oxygens (including phenoxy) is 2. The average Bonchev–Trinajstić information content (AvgIpc) is 2.62. The Bertz CT molecular complexity index is 811. The standard InChI is InChI=1S/C19H20Cl2N2O3/c1-12(2)23(11-13-6-7-14(20)15(21)10-13)19(24)22-16-4-3-5-17-18(16)26-9-8-25-17/h3-7,10,12H,8-9,11H2,1-2H3,(H,22,24). The molecule has 2 amide bonds. The summed E-state index contributed by atoms with van der Waals surface area (Å²) in [6.07, 6.45) is 0. The van der Waals surface area contributed by atoms with E-state index in [0.717, 1.165) is 5.56 Å². The van der Waals surface area contributed by atoms with Gasteiger partial charge in [-0.3, -0.25) is 0 Å². The third kappa shape index (κ3) is 4.17. The number of amides is 2. The zero-order chi connectivity index (χ0) is 18.7. The first kappa shape index (κ1) is 18.7. The number of fused-ring (bicyclic) bond motifs is 1. The van der Waals surface area contributed by atoms with Gasteiger partial charge in [-0.25, -0.2) is 4.79 Å². The maximum absolute atomic E-state index is 12.9. The molecule has 26 heavy (non-hydrogen) atoms. The zero-order valence-corrected chi connectivity index (χ0v) is 16.1. The SMILES string of the molecule is CC(C)N(Cc1ccc(Cl)c(Cl)c1)C(=O)Nc1cccc2c1OCCO2. The molecule has 0 fully saturated rings. The van der Waals surface area contributed by atoms with Crippen LogP contribution in [0.5, 0.6) is 11.5 Å². The summed E-state index contributed by atoms with van der Waals surface area (Å²) in [7, 11) is 0. The lowest BCUT2D eigenvalue weighted by molar-refractivity contribution is 0.172. The van der Waals surface area contributed by atoms with Gasteiger partial charge in [-0.2, -0.15) is 0 Å². The smallest absolute Gasteiger partial charge is 0.322 e. The van der Waals surface area contributed by atoms with Crippen LogP contribution in [0.3, 0.4) is 0 Å². The number of benzene rings is 2. The Morgan fingerprint density at radius 3 is 2.65 bits per heavy atom. The monoisotopic (exact) mass is 394 g/mol. The van der Waals surface area contributed by atoms with E-state index in [1.165, 1.54) is 0 Å². The Morgan fingerprint density at radius 1 is 1.15 bits per heavy atom. The lowest BCUT2D eigenvalue weighted by atomic mass is 10.2. The average molecular weight is 395 g/mol. The lowest BCUT2D eigenvalue weighted by Gasteiger charge is -2.28. The number of urea groups is 1. The Kier molecular flexibility index (Phi) is 5.79.